The lowest BCUT2D eigenvalue weighted by atomic mass is 10.2. The lowest BCUT2D eigenvalue weighted by Gasteiger charge is -2.14. The fourth-order valence-corrected chi connectivity index (χ4v) is 0.925. The average Bonchev–Trinajstić information content (AvgIpc) is 2.03. The molecule has 0 heterocycles. The number of ether oxygens (including phenoxy) is 1. The highest BCUT2D eigenvalue weighted by Crippen LogP contribution is 2.05. The van der Waals surface area contributed by atoms with Gasteiger partial charge in [-0.2, -0.15) is 0 Å². The van der Waals surface area contributed by atoms with Gasteiger partial charge in [-0.15, -0.1) is 0 Å². The van der Waals surface area contributed by atoms with Crippen molar-refractivity contribution in [2.75, 3.05) is 6.61 Å². The van der Waals surface area contributed by atoms with Crippen LogP contribution in [0.3, 0.4) is 0 Å². The Morgan fingerprint density at radius 2 is 1.83 bits per heavy atom. The molecule has 0 rings (SSSR count). The molecule has 0 spiro atoms. The molecular weight excluding hydrogens is 152 g/mol. The smallest absolute Gasteiger partial charge is 0.156 e. The second kappa shape index (κ2) is 7.56. The molecule has 1 unspecified atom stereocenters. The molecule has 0 saturated carbocycles. The van der Waals surface area contributed by atoms with Gasteiger partial charge in [-0.25, -0.2) is 0 Å². The van der Waals surface area contributed by atoms with E-state index in [-0.39, 0.29) is 5.92 Å². The SMILES string of the molecule is CCCCCCOC(O)C(C)C. The quantitative estimate of drug-likeness (QED) is 0.475. The van der Waals surface area contributed by atoms with Gasteiger partial charge in [0.2, 0.25) is 0 Å². The molecule has 1 atom stereocenters. The van der Waals surface area contributed by atoms with Gasteiger partial charge in [-0.1, -0.05) is 40.0 Å². The first-order valence-electron chi connectivity index (χ1n) is 4.98. The van der Waals surface area contributed by atoms with Crippen LogP contribution in [0.1, 0.15) is 46.5 Å². The molecule has 2 nitrogen and oxygen atoms in total. The standard InChI is InChI=1S/C10H22O2/c1-4-5-6-7-8-12-10(11)9(2)3/h9-11H,4-8H2,1-3H3. The van der Waals surface area contributed by atoms with Gasteiger partial charge in [0.05, 0.1) is 0 Å². The van der Waals surface area contributed by atoms with E-state index in [0.29, 0.717) is 6.61 Å². The van der Waals surface area contributed by atoms with E-state index in [9.17, 15) is 5.11 Å². The van der Waals surface area contributed by atoms with E-state index >= 15 is 0 Å². The molecule has 0 bridgehead atoms. The van der Waals surface area contributed by atoms with Crippen LogP contribution in [-0.4, -0.2) is 18.0 Å². The van der Waals surface area contributed by atoms with Crippen molar-refractivity contribution in [3.8, 4) is 0 Å². The number of hydrogen-bond donors (Lipinski definition) is 1. The predicted molar refractivity (Wildman–Crippen MR) is 50.9 cm³/mol. The zero-order valence-electron chi connectivity index (χ0n) is 8.55. The summed E-state index contributed by atoms with van der Waals surface area (Å²) in [6.45, 7) is 6.79. The van der Waals surface area contributed by atoms with Crippen LogP contribution in [0.4, 0.5) is 0 Å². The first kappa shape index (κ1) is 11.9. The van der Waals surface area contributed by atoms with Gasteiger partial charge < -0.3 is 9.84 Å². The Bertz CT molecular complexity index is 91.8. The summed E-state index contributed by atoms with van der Waals surface area (Å²) in [6, 6.07) is 0. The minimum absolute atomic E-state index is 0.205. The van der Waals surface area contributed by atoms with Gasteiger partial charge in [-0.05, 0) is 6.42 Å². The van der Waals surface area contributed by atoms with Crippen molar-refractivity contribution in [1.82, 2.24) is 0 Å². The van der Waals surface area contributed by atoms with Crippen molar-refractivity contribution < 1.29 is 9.84 Å². The van der Waals surface area contributed by atoms with Crippen molar-refractivity contribution in [3.63, 3.8) is 0 Å². The molecule has 0 aliphatic carbocycles. The van der Waals surface area contributed by atoms with Crippen LogP contribution in [0.15, 0.2) is 0 Å². The van der Waals surface area contributed by atoms with E-state index in [1.54, 1.807) is 0 Å². The summed E-state index contributed by atoms with van der Waals surface area (Å²) in [5.74, 6) is 0.205. The van der Waals surface area contributed by atoms with Crippen LogP contribution in [0, 0.1) is 5.92 Å². The van der Waals surface area contributed by atoms with Crippen LogP contribution in [-0.2, 0) is 4.74 Å². The van der Waals surface area contributed by atoms with Gasteiger partial charge in [0, 0.05) is 12.5 Å². The summed E-state index contributed by atoms with van der Waals surface area (Å²) in [7, 11) is 0. The van der Waals surface area contributed by atoms with Gasteiger partial charge in [0.15, 0.2) is 6.29 Å². The van der Waals surface area contributed by atoms with Gasteiger partial charge >= 0.3 is 0 Å². The third-order valence-electron chi connectivity index (χ3n) is 1.86. The lowest BCUT2D eigenvalue weighted by Crippen LogP contribution is -2.19. The van der Waals surface area contributed by atoms with Crippen LogP contribution in [0.2, 0.25) is 0 Å². The largest absolute Gasteiger partial charge is 0.368 e. The molecule has 0 aromatic heterocycles. The number of hydrogen-bond acceptors (Lipinski definition) is 2. The number of rotatable bonds is 7. The second-order valence-corrected chi connectivity index (χ2v) is 3.57. The maximum absolute atomic E-state index is 9.26. The van der Waals surface area contributed by atoms with Gasteiger partial charge in [0.25, 0.3) is 0 Å². The van der Waals surface area contributed by atoms with E-state index in [0.717, 1.165) is 6.42 Å². The average molecular weight is 174 g/mol. The minimum atomic E-state index is -0.577. The monoisotopic (exact) mass is 174 g/mol. The van der Waals surface area contributed by atoms with E-state index in [2.05, 4.69) is 6.92 Å². The lowest BCUT2D eigenvalue weighted by molar-refractivity contribution is -0.126. The van der Waals surface area contributed by atoms with Crippen LogP contribution in [0.25, 0.3) is 0 Å². The third-order valence-corrected chi connectivity index (χ3v) is 1.86. The molecule has 0 aromatic rings. The highest BCUT2D eigenvalue weighted by molar-refractivity contribution is 4.47. The van der Waals surface area contributed by atoms with E-state index < -0.39 is 6.29 Å². The highest BCUT2D eigenvalue weighted by atomic mass is 16.6. The molecule has 74 valence electrons. The van der Waals surface area contributed by atoms with E-state index in [1.807, 2.05) is 13.8 Å². The molecule has 0 aliphatic heterocycles. The van der Waals surface area contributed by atoms with Crippen LogP contribution in [0.5, 0.6) is 0 Å². The predicted octanol–water partition coefficient (Wildman–Crippen LogP) is 2.56. The Labute approximate surface area is 75.9 Å². The van der Waals surface area contributed by atoms with Gasteiger partial charge in [-0.3, -0.25) is 0 Å². The molecule has 1 N–H and O–H groups in total. The normalized spacial score (nSPS) is 13.8. The Hall–Kier alpha value is -0.0800. The fraction of sp³-hybridized carbons (Fsp3) is 1.00. The summed E-state index contributed by atoms with van der Waals surface area (Å²) in [5, 5.41) is 9.26. The van der Waals surface area contributed by atoms with Crippen molar-refractivity contribution in [3.05, 3.63) is 0 Å². The Morgan fingerprint density at radius 1 is 1.17 bits per heavy atom. The zero-order valence-corrected chi connectivity index (χ0v) is 8.55. The fourth-order valence-electron chi connectivity index (χ4n) is 0.925. The summed E-state index contributed by atoms with van der Waals surface area (Å²) in [4.78, 5) is 0. The van der Waals surface area contributed by atoms with E-state index in [1.165, 1.54) is 19.3 Å². The number of aliphatic hydroxyl groups excluding tert-OH is 1. The molecule has 0 radical (unpaired) electrons. The summed E-state index contributed by atoms with van der Waals surface area (Å²) < 4.78 is 5.21. The maximum atomic E-state index is 9.26. The molecule has 0 saturated heterocycles. The molecule has 12 heavy (non-hydrogen) atoms. The van der Waals surface area contributed by atoms with Crippen molar-refractivity contribution in [2.45, 2.75) is 52.7 Å². The molecule has 2 heteroatoms. The first-order valence-corrected chi connectivity index (χ1v) is 4.98. The van der Waals surface area contributed by atoms with Crippen LogP contribution < -0.4 is 0 Å². The summed E-state index contributed by atoms with van der Waals surface area (Å²) in [5.41, 5.74) is 0. The first-order chi connectivity index (χ1) is 5.68. The maximum Gasteiger partial charge on any atom is 0.156 e. The molecule has 0 amide bonds. The highest BCUT2D eigenvalue weighted by Gasteiger charge is 2.07. The molecule has 0 fully saturated rings. The Balaban J connectivity index is 3.08. The Morgan fingerprint density at radius 3 is 2.33 bits per heavy atom. The summed E-state index contributed by atoms with van der Waals surface area (Å²) in [6.07, 6.45) is 4.21. The topological polar surface area (TPSA) is 29.5 Å². The van der Waals surface area contributed by atoms with Gasteiger partial charge in [0.1, 0.15) is 0 Å². The third kappa shape index (κ3) is 6.62. The van der Waals surface area contributed by atoms with Crippen molar-refractivity contribution in [2.24, 2.45) is 5.92 Å². The van der Waals surface area contributed by atoms with E-state index in [4.69, 9.17) is 4.74 Å². The second-order valence-electron chi connectivity index (χ2n) is 3.57. The van der Waals surface area contributed by atoms with Crippen LogP contribution >= 0.6 is 0 Å². The zero-order chi connectivity index (χ0) is 9.40. The Kier molecular flexibility index (Phi) is 7.51. The van der Waals surface area contributed by atoms with Crippen molar-refractivity contribution in [1.29, 1.82) is 0 Å². The van der Waals surface area contributed by atoms with Crippen molar-refractivity contribution >= 4 is 0 Å². The number of aliphatic hydroxyl groups is 1. The molecule has 0 aromatic carbocycles. The minimum Gasteiger partial charge on any atom is -0.368 e. The summed E-state index contributed by atoms with van der Waals surface area (Å²) >= 11 is 0. The molecular formula is C10H22O2. The molecule has 0 aliphatic rings. The number of unbranched alkanes of at least 4 members (excludes halogenated alkanes) is 3.